The van der Waals surface area contributed by atoms with Crippen molar-refractivity contribution in [1.82, 2.24) is 0 Å². The fraction of sp³-hybridized carbons (Fsp3) is 1.00. The quantitative estimate of drug-likeness (QED) is 0.602. The molecule has 0 heterocycles. The minimum atomic E-state index is -4.52. The van der Waals surface area contributed by atoms with Gasteiger partial charge in [-0.3, -0.25) is 0 Å². The van der Waals surface area contributed by atoms with E-state index >= 15 is 0 Å². The molecule has 0 amide bonds. The summed E-state index contributed by atoms with van der Waals surface area (Å²) in [6.07, 6.45) is 0.827. The van der Waals surface area contributed by atoms with Gasteiger partial charge in [-0.15, -0.1) is 3.89 Å². The molecule has 0 unspecified atom stereocenters. The van der Waals surface area contributed by atoms with E-state index in [0.717, 1.165) is 6.26 Å². The highest BCUT2D eigenvalue weighted by molar-refractivity contribution is 7.91. The Labute approximate surface area is 70.9 Å². The number of hydrogen-bond donors (Lipinski definition) is 0. The Kier molecular flexibility index (Phi) is 2.20. The van der Waals surface area contributed by atoms with Crippen LogP contribution in [0, 0.1) is 0 Å². The van der Waals surface area contributed by atoms with E-state index in [1.165, 1.54) is 0 Å². The van der Waals surface area contributed by atoms with E-state index < -0.39 is 30.6 Å². The maximum Gasteiger partial charge on any atom is 0.305 e. The molecule has 0 atom stereocenters. The average molecular weight is 216 g/mol. The molecule has 0 aliphatic heterocycles. The summed E-state index contributed by atoms with van der Waals surface area (Å²) in [6, 6.07) is 0. The minimum Gasteiger partial charge on any atom is -0.229 e. The third-order valence-corrected chi connectivity index (χ3v) is 4.83. The molecular weight excluding hydrogens is 207 g/mol. The van der Waals surface area contributed by atoms with Crippen molar-refractivity contribution in [2.45, 2.75) is 23.3 Å². The molecule has 1 saturated carbocycles. The molecule has 1 aliphatic carbocycles. The summed E-state index contributed by atoms with van der Waals surface area (Å²) >= 11 is 0. The smallest absolute Gasteiger partial charge is 0.229 e. The van der Waals surface area contributed by atoms with Crippen LogP contribution < -0.4 is 0 Å². The molecular formula is C5H9FO4S2. The third-order valence-electron chi connectivity index (χ3n) is 2.06. The van der Waals surface area contributed by atoms with Crippen molar-refractivity contribution < 1.29 is 20.7 Å². The second kappa shape index (κ2) is 2.66. The normalized spacial score (nSPS) is 31.2. The zero-order chi connectivity index (χ0) is 9.57. The molecule has 1 rings (SSSR count). The Morgan fingerprint density at radius 2 is 1.50 bits per heavy atom. The van der Waals surface area contributed by atoms with Crippen LogP contribution in [-0.4, -0.2) is 33.6 Å². The lowest BCUT2D eigenvalue weighted by molar-refractivity contribution is 0.444. The highest BCUT2D eigenvalue weighted by atomic mass is 32.3. The monoisotopic (exact) mass is 216 g/mol. The highest BCUT2D eigenvalue weighted by Crippen LogP contribution is 2.32. The van der Waals surface area contributed by atoms with E-state index in [0.29, 0.717) is 0 Å². The molecule has 0 saturated heterocycles. The molecule has 0 spiro atoms. The van der Waals surface area contributed by atoms with Crippen LogP contribution in [0.5, 0.6) is 0 Å². The maximum atomic E-state index is 12.2. The van der Waals surface area contributed by atoms with Crippen LogP contribution in [-0.2, 0) is 20.1 Å². The SMILES string of the molecule is CS(=O)(=O)C1CC(S(=O)(=O)F)C1. The molecule has 0 N–H and O–H groups in total. The lowest BCUT2D eigenvalue weighted by Crippen LogP contribution is -2.42. The number of sulfone groups is 1. The fourth-order valence-electron chi connectivity index (χ4n) is 1.10. The van der Waals surface area contributed by atoms with Gasteiger partial charge >= 0.3 is 10.2 Å². The first-order valence-corrected chi connectivity index (χ1v) is 6.73. The van der Waals surface area contributed by atoms with Gasteiger partial charge in [0, 0.05) is 6.26 Å². The van der Waals surface area contributed by atoms with Gasteiger partial charge in [-0.2, -0.15) is 8.42 Å². The molecule has 0 aromatic heterocycles. The predicted octanol–water partition coefficient (Wildman–Crippen LogP) is -0.139. The summed E-state index contributed by atoms with van der Waals surface area (Å²) in [5.74, 6) is 0. The van der Waals surface area contributed by atoms with E-state index in [1.54, 1.807) is 0 Å². The van der Waals surface area contributed by atoms with Gasteiger partial charge in [0.15, 0.2) is 0 Å². The third kappa shape index (κ3) is 1.95. The van der Waals surface area contributed by atoms with Crippen molar-refractivity contribution in [2.75, 3.05) is 6.26 Å². The van der Waals surface area contributed by atoms with Gasteiger partial charge in [0.05, 0.1) is 10.5 Å². The number of rotatable bonds is 2. The molecule has 0 radical (unpaired) electrons. The Bertz CT molecular complexity index is 326. The van der Waals surface area contributed by atoms with Crippen LogP contribution in [0.3, 0.4) is 0 Å². The van der Waals surface area contributed by atoms with Crippen molar-refractivity contribution in [2.24, 2.45) is 0 Å². The Hall–Kier alpha value is -0.170. The van der Waals surface area contributed by atoms with Gasteiger partial charge < -0.3 is 0 Å². The van der Waals surface area contributed by atoms with Gasteiger partial charge in [-0.1, -0.05) is 0 Å². The van der Waals surface area contributed by atoms with E-state index in [-0.39, 0.29) is 12.8 Å². The lowest BCUT2D eigenvalue weighted by atomic mass is 9.99. The van der Waals surface area contributed by atoms with Crippen LogP contribution in [0.15, 0.2) is 0 Å². The molecule has 0 aromatic rings. The van der Waals surface area contributed by atoms with Crippen LogP contribution >= 0.6 is 0 Å². The van der Waals surface area contributed by atoms with Gasteiger partial charge in [0.25, 0.3) is 0 Å². The molecule has 72 valence electrons. The largest absolute Gasteiger partial charge is 0.305 e. The second-order valence-corrected chi connectivity index (χ2v) is 6.96. The van der Waals surface area contributed by atoms with Gasteiger partial charge in [0.2, 0.25) is 0 Å². The predicted molar refractivity (Wildman–Crippen MR) is 41.7 cm³/mol. The summed E-state index contributed by atoms with van der Waals surface area (Å²) in [5, 5.41) is -1.77. The van der Waals surface area contributed by atoms with Crippen LogP contribution in [0.25, 0.3) is 0 Å². The lowest BCUT2D eigenvalue weighted by Gasteiger charge is -2.30. The molecule has 0 bridgehead atoms. The molecule has 0 aromatic carbocycles. The summed E-state index contributed by atoms with van der Waals surface area (Å²) < 4.78 is 54.2. The first-order valence-electron chi connectivity index (χ1n) is 3.33. The molecule has 4 nitrogen and oxygen atoms in total. The highest BCUT2D eigenvalue weighted by Gasteiger charge is 2.43. The molecule has 12 heavy (non-hydrogen) atoms. The summed E-state index contributed by atoms with van der Waals surface area (Å²) in [6.45, 7) is 0. The first kappa shape index (κ1) is 9.91. The fourth-order valence-corrected chi connectivity index (χ4v) is 3.43. The molecule has 7 heteroatoms. The van der Waals surface area contributed by atoms with Crippen molar-refractivity contribution in [3.63, 3.8) is 0 Å². The Morgan fingerprint density at radius 1 is 1.08 bits per heavy atom. The Morgan fingerprint density at radius 3 is 1.75 bits per heavy atom. The first-order chi connectivity index (χ1) is 5.21. The summed E-state index contributed by atoms with van der Waals surface area (Å²) in [4.78, 5) is 0. The van der Waals surface area contributed by atoms with E-state index in [4.69, 9.17) is 0 Å². The zero-order valence-corrected chi connectivity index (χ0v) is 8.03. The maximum absolute atomic E-state index is 12.2. The van der Waals surface area contributed by atoms with Gasteiger partial charge in [-0.05, 0) is 12.8 Å². The Balaban J connectivity index is 2.62. The molecule has 1 fully saturated rings. The average Bonchev–Trinajstić information content (AvgIpc) is 1.46. The van der Waals surface area contributed by atoms with E-state index in [1.807, 2.05) is 0 Å². The second-order valence-electron chi connectivity index (χ2n) is 3.02. The summed E-state index contributed by atoms with van der Waals surface area (Å²) in [7, 11) is -7.71. The van der Waals surface area contributed by atoms with E-state index in [2.05, 4.69) is 0 Å². The van der Waals surface area contributed by atoms with E-state index in [9.17, 15) is 20.7 Å². The molecule has 1 aliphatic rings. The minimum absolute atomic E-state index is 0.0995. The van der Waals surface area contributed by atoms with Crippen molar-refractivity contribution in [1.29, 1.82) is 0 Å². The topological polar surface area (TPSA) is 68.3 Å². The van der Waals surface area contributed by atoms with Crippen LogP contribution in [0.1, 0.15) is 12.8 Å². The van der Waals surface area contributed by atoms with Crippen molar-refractivity contribution in [3.8, 4) is 0 Å². The van der Waals surface area contributed by atoms with Crippen LogP contribution in [0.4, 0.5) is 3.89 Å². The zero-order valence-electron chi connectivity index (χ0n) is 6.40. The van der Waals surface area contributed by atoms with Gasteiger partial charge in [0.1, 0.15) is 9.84 Å². The standard InChI is InChI=1S/C5H9FO4S2/c1-11(7,8)4-2-5(3-4)12(6,9)10/h4-5H,2-3H2,1H3. The van der Waals surface area contributed by atoms with Crippen LogP contribution in [0.2, 0.25) is 0 Å². The number of halogens is 1. The van der Waals surface area contributed by atoms with Crippen molar-refractivity contribution in [3.05, 3.63) is 0 Å². The van der Waals surface area contributed by atoms with Gasteiger partial charge in [-0.25, -0.2) is 8.42 Å². The van der Waals surface area contributed by atoms with Crippen molar-refractivity contribution >= 4 is 20.1 Å². The summed E-state index contributed by atoms with van der Waals surface area (Å²) in [5.41, 5.74) is 0. The number of hydrogen-bond acceptors (Lipinski definition) is 4.